The molecule has 2 rings (SSSR count). The highest BCUT2D eigenvalue weighted by Gasteiger charge is 2.15. The first-order chi connectivity index (χ1) is 8.61. The third-order valence-electron chi connectivity index (χ3n) is 1.93. The first kappa shape index (κ1) is 12.7. The van der Waals surface area contributed by atoms with Crippen LogP contribution >= 0.6 is 23.3 Å². The van der Waals surface area contributed by atoms with Gasteiger partial charge in [-0.2, -0.15) is 4.37 Å². The molecule has 0 amide bonds. The molecule has 1 aromatic heterocycles. The van der Waals surface area contributed by atoms with Gasteiger partial charge in [-0.25, -0.2) is 13.8 Å². The molecule has 0 spiro atoms. The molecule has 0 fully saturated rings. The third-order valence-corrected chi connectivity index (χ3v) is 3.74. The predicted octanol–water partition coefficient (Wildman–Crippen LogP) is 2.06. The van der Waals surface area contributed by atoms with Crippen LogP contribution in [0.5, 0.6) is 0 Å². The molecule has 9 heteroatoms. The zero-order valence-electron chi connectivity index (χ0n) is 8.67. The number of nitrogens with two attached hydrogens (primary N) is 1. The summed E-state index contributed by atoms with van der Waals surface area (Å²) in [6, 6.07) is 1.98. The fourth-order valence-corrected chi connectivity index (χ4v) is 2.55. The average Bonchev–Trinajstić information content (AvgIpc) is 2.85. The first-order valence-electron chi connectivity index (χ1n) is 4.53. The zero-order chi connectivity index (χ0) is 13.1. The van der Waals surface area contributed by atoms with Crippen molar-refractivity contribution in [3.05, 3.63) is 35.7 Å². The normalized spacial score (nSPS) is 11.8. The molecular weight excluding hydrogens is 282 g/mol. The van der Waals surface area contributed by atoms with Gasteiger partial charge in [0, 0.05) is 5.56 Å². The van der Waals surface area contributed by atoms with Crippen molar-refractivity contribution in [1.82, 2.24) is 9.36 Å². The SMILES string of the molecule is N/C(=N/O)c1cc(F)c(Sc2ncns2)c(F)c1. The number of halogens is 2. The summed E-state index contributed by atoms with van der Waals surface area (Å²) in [4.78, 5) is 3.61. The molecule has 0 aliphatic heterocycles. The smallest absolute Gasteiger partial charge is 0.174 e. The van der Waals surface area contributed by atoms with Crippen LogP contribution < -0.4 is 5.73 Å². The van der Waals surface area contributed by atoms with E-state index in [1.54, 1.807) is 0 Å². The van der Waals surface area contributed by atoms with E-state index in [-0.39, 0.29) is 16.3 Å². The Hall–Kier alpha value is -1.74. The van der Waals surface area contributed by atoms with Crippen LogP contribution in [-0.4, -0.2) is 20.4 Å². The molecule has 0 unspecified atom stereocenters. The Kier molecular flexibility index (Phi) is 3.72. The Morgan fingerprint density at radius 1 is 1.39 bits per heavy atom. The topological polar surface area (TPSA) is 84.4 Å². The van der Waals surface area contributed by atoms with Gasteiger partial charge in [-0.15, -0.1) is 0 Å². The molecule has 0 saturated carbocycles. The highest BCUT2D eigenvalue weighted by Crippen LogP contribution is 2.33. The summed E-state index contributed by atoms with van der Waals surface area (Å²) >= 11 is 1.86. The van der Waals surface area contributed by atoms with Crippen LogP contribution in [0.4, 0.5) is 8.78 Å². The maximum absolute atomic E-state index is 13.7. The molecule has 0 aliphatic carbocycles. The largest absolute Gasteiger partial charge is 0.409 e. The van der Waals surface area contributed by atoms with Gasteiger partial charge in [0.15, 0.2) is 10.2 Å². The summed E-state index contributed by atoms with van der Waals surface area (Å²) in [5, 5.41) is 11.1. The molecule has 5 nitrogen and oxygen atoms in total. The molecule has 0 radical (unpaired) electrons. The molecular formula is C9H6F2N4OS2. The highest BCUT2D eigenvalue weighted by molar-refractivity contribution is 8.01. The molecule has 0 saturated heterocycles. The predicted molar refractivity (Wildman–Crippen MR) is 62.9 cm³/mol. The van der Waals surface area contributed by atoms with Gasteiger partial charge in [-0.3, -0.25) is 0 Å². The van der Waals surface area contributed by atoms with Gasteiger partial charge < -0.3 is 10.9 Å². The van der Waals surface area contributed by atoms with E-state index in [0.29, 0.717) is 4.34 Å². The Bertz CT molecular complexity index is 565. The summed E-state index contributed by atoms with van der Waals surface area (Å²) in [6.07, 6.45) is 1.30. The molecule has 0 aliphatic rings. The van der Waals surface area contributed by atoms with Crippen LogP contribution in [0, 0.1) is 11.6 Å². The van der Waals surface area contributed by atoms with Crippen LogP contribution in [0.25, 0.3) is 0 Å². The number of amidine groups is 1. The monoisotopic (exact) mass is 288 g/mol. The number of aromatic nitrogens is 2. The number of benzene rings is 1. The lowest BCUT2D eigenvalue weighted by atomic mass is 10.2. The first-order valence-corrected chi connectivity index (χ1v) is 6.12. The Labute approximate surface area is 109 Å². The Balaban J connectivity index is 2.38. The molecule has 0 bridgehead atoms. The fourth-order valence-electron chi connectivity index (χ4n) is 1.16. The molecule has 3 N–H and O–H groups in total. The lowest BCUT2D eigenvalue weighted by Crippen LogP contribution is -2.14. The van der Waals surface area contributed by atoms with Crippen LogP contribution in [-0.2, 0) is 0 Å². The second kappa shape index (κ2) is 5.27. The molecule has 1 heterocycles. The van der Waals surface area contributed by atoms with Crippen molar-refractivity contribution in [3.8, 4) is 0 Å². The lowest BCUT2D eigenvalue weighted by molar-refractivity contribution is 0.318. The van der Waals surface area contributed by atoms with E-state index in [9.17, 15) is 8.78 Å². The van der Waals surface area contributed by atoms with Gasteiger partial charge in [-0.05, 0) is 23.7 Å². The number of rotatable bonds is 3. The highest BCUT2D eigenvalue weighted by atomic mass is 32.2. The molecule has 0 atom stereocenters. The lowest BCUT2D eigenvalue weighted by Gasteiger charge is -2.05. The minimum absolute atomic E-state index is 0.0332. The molecule has 18 heavy (non-hydrogen) atoms. The van der Waals surface area contributed by atoms with Crippen molar-refractivity contribution in [2.75, 3.05) is 0 Å². The Morgan fingerprint density at radius 2 is 2.06 bits per heavy atom. The second-order valence-electron chi connectivity index (χ2n) is 3.06. The van der Waals surface area contributed by atoms with Gasteiger partial charge >= 0.3 is 0 Å². The minimum atomic E-state index is -0.809. The van der Waals surface area contributed by atoms with Crippen molar-refractivity contribution < 1.29 is 14.0 Å². The number of hydrogen-bond donors (Lipinski definition) is 2. The number of nitrogens with zero attached hydrogens (tertiary/aromatic N) is 3. The Morgan fingerprint density at radius 3 is 2.56 bits per heavy atom. The van der Waals surface area contributed by atoms with Gasteiger partial charge in [0.05, 0.1) is 4.90 Å². The van der Waals surface area contributed by atoms with Gasteiger partial charge in [0.1, 0.15) is 18.0 Å². The molecule has 1 aromatic carbocycles. The van der Waals surface area contributed by atoms with Crippen LogP contribution in [0.15, 0.2) is 32.9 Å². The van der Waals surface area contributed by atoms with Crippen molar-refractivity contribution >= 4 is 29.1 Å². The number of hydrogen-bond acceptors (Lipinski definition) is 6. The van der Waals surface area contributed by atoms with E-state index in [2.05, 4.69) is 14.5 Å². The summed E-state index contributed by atoms with van der Waals surface area (Å²) in [6.45, 7) is 0. The van der Waals surface area contributed by atoms with Crippen LogP contribution in [0.1, 0.15) is 5.56 Å². The van der Waals surface area contributed by atoms with E-state index in [4.69, 9.17) is 10.9 Å². The van der Waals surface area contributed by atoms with E-state index in [1.807, 2.05) is 0 Å². The zero-order valence-corrected chi connectivity index (χ0v) is 10.3. The van der Waals surface area contributed by atoms with Gasteiger partial charge in [-0.1, -0.05) is 16.9 Å². The summed E-state index contributed by atoms with van der Waals surface area (Å²) in [7, 11) is 0. The van der Waals surface area contributed by atoms with E-state index >= 15 is 0 Å². The minimum Gasteiger partial charge on any atom is -0.409 e. The average molecular weight is 288 g/mol. The second-order valence-corrected chi connectivity index (χ2v) is 5.10. The fraction of sp³-hybridized carbons (Fsp3) is 0. The maximum Gasteiger partial charge on any atom is 0.174 e. The van der Waals surface area contributed by atoms with Crippen LogP contribution in [0.2, 0.25) is 0 Å². The van der Waals surface area contributed by atoms with Crippen LogP contribution in [0.3, 0.4) is 0 Å². The van der Waals surface area contributed by atoms with Gasteiger partial charge in [0.2, 0.25) is 0 Å². The molecule has 2 aromatic rings. The van der Waals surface area contributed by atoms with E-state index in [0.717, 1.165) is 35.4 Å². The van der Waals surface area contributed by atoms with Crippen molar-refractivity contribution in [2.24, 2.45) is 10.9 Å². The standard InChI is InChI=1S/C9H6F2N4OS2/c10-5-1-4(8(12)15-16)2-6(11)7(5)17-9-13-3-14-18-9/h1-3,16H,(H2,12,15). The van der Waals surface area contributed by atoms with E-state index in [1.165, 1.54) is 6.33 Å². The summed E-state index contributed by atoms with van der Waals surface area (Å²) in [5.41, 5.74) is 5.22. The van der Waals surface area contributed by atoms with Gasteiger partial charge in [0.25, 0.3) is 0 Å². The summed E-state index contributed by atoms with van der Waals surface area (Å²) < 4.78 is 31.6. The quantitative estimate of drug-likeness (QED) is 0.391. The maximum atomic E-state index is 13.7. The molecule has 94 valence electrons. The third kappa shape index (κ3) is 2.57. The number of oxime groups is 1. The van der Waals surface area contributed by atoms with E-state index < -0.39 is 11.6 Å². The van der Waals surface area contributed by atoms with Crippen molar-refractivity contribution in [3.63, 3.8) is 0 Å². The van der Waals surface area contributed by atoms with Crippen molar-refractivity contribution in [2.45, 2.75) is 9.24 Å². The van der Waals surface area contributed by atoms with Crippen molar-refractivity contribution in [1.29, 1.82) is 0 Å². The summed E-state index contributed by atoms with van der Waals surface area (Å²) in [5.74, 6) is -1.98.